The van der Waals surface area contributed by atoms with E-state index in [1.807, 2.05) is 24.3 Å². The second-order valence-electron chi connectivity index (χ2n) is 4.44. The van der Waals surface area contributed by atoms with E-state index in [1.165, 1.54) is 19.3 Å². The molecule has 0 spiro atoms. The molecule has 2 aromatic rings. The molecule has 2 N–H and O–H groups in total. The molecule has 17 heavy (non-hydrogen) atoms. The fraction of sp³-hybridized carbons (Fsp3) is 0.308. The first kappa shape index (κ1) is 10.8. The molecule has 1 aliphatic carbocycles. The Hall–Kier alpha value is -1.29. The molecule has 1 heterocycles. The van der Waals surface area contributed by atoms with Crippen LogP contribution >= 0.6 is 15.9 Å². The van der Waals surface area contributed by atoms with Crippen molar-refractivity contribution in [3.63, 3.8) is 0 Å². The van der Waals surface area contributed by atoms with Gasteiger partial charge in [0.1, 0.15) is 0 Å². The van der Waals surface area contributed by atoms with E-state index in [1.54, 1.807) is 0 Å². The third kappa shape index (κ3) is 1.86. The van der Waals surface area contributed by atoms with Gasteiger partial charge in [-0.05, 0) is 30.5 Å². The third-order valence-electron chi connectivity index (χ3n) is 3.37. The SMILES string of the molecule is Nc1onc(C2CCC2)c1-c1ccc(Br)cc1. The summed E-state index contributed by atoms with van der Waals surface area (Å²) in [6.45, 7) is 0. The standard InChI is InChI=1S/C13H13BrN2O/c14-10-6-4-8(5-7-10)11-12(9-2-1-3-9)16-17-13(11)15/h4-7,9H,1-3,15H2. The van der Waals surface area contributed by atoms with Crippen molar-refractivity contribution in [2.45, 2.75) is 25.2 Å². The normalized spacial score (nSPS) is 15.8. The van der Waals surface area contributed by atoms with E-state index in [-0.39, 0.29) is 0 Å². The van der Waals surface area contributed by atoms with Crippen LogP contribution in [0.3, 0.4) is 0 Å². The second kappa shape index (κ2) is 4.18. The molecule has 0 radical (unpaired) electrons. The number of nitrogens with zero attached hydrogens (tertiary/aromatic N) is 1. The predicted molar refractivity (Wildman–Crippen MR) is 70.6 cm³/mol. The highest BCUT2D eigenvalue weighted by molar-refractivity contribution is 9.10. The molecule has 3 nitrogen and oxygen atoms in total. The number of anilines is 1. The minimum atomic E-state index is 0.425. The molecule has 0 atom stereocenters. The average Bonchev–Trinajstić information content (AvgIpc) is 2.60. The number of halogens is 1. The Morgan fingerprint density at radius 3 is 2.53 bits per heavy atom. The van der Waals surface area contributed by atoms with E-state index in [2.05, 4.69) is 21.1 Å². The molecule has 3 rings (SSSR count). The number of nitrogen functional groups attached to an aromatic ring is 1. The van der Waals surface area contributed by atoms with Crippen LogP contribution in [0.5, 0.6) is 0 Å². The lowest BCUT2D eigenvalue weighted by molar-refractivity contribution is 0.369. The van der Waals surface area contributed by atoms with Crippen LogP contribution in [0.4, 0.5) is 5.88 Å². The molecule has 0 saturated heterocycles. The lowest BCUT2D eigenvalue weighted by Crippen LogP contribution is -2.10. The van der Waals surface area contributed by atoms with Gasteiger partial charge in [-0.15, -0.1) is 0 Å². The monoisotopic (exact) mass is 292 g/mol. The van der Waals surface area contributed by atoms with E-state index < -0.39 is 0 Å². The maximum atomic E-state index is 5.89. The lowest BCUT2D eigenvalue weighted by atomic mass is 9.80. The number of nitrogens with two attached hydrogens (primary N) is 1. The van der Waals surface area contributed by atoms with Crippen LogP contribution in [0.2, 0.25) is 0 Å². The predicted octanol–water partition coefficient (Wildman–Crippen LogP) is 3.95. The average molecular weight is 293 g/mol. The van der Waals surface area contributed by atoms with Gasteiger partial charge in [0.15, 0.2) is 0 Å². The molecule has 1 saturated carbocycles. The van der Waals surface area contributed by atoms with Gasteiger partial charge in [0, 0.05) is 10.4 Å². The summed E-state index contributed by atoms with van der Waals surface area (Å²) in [5, 5.41) is 4.12. The van der Waals surface area contributed by atoms with E-state index in [0.29, 0.717) is 11.8 Å². The van der Waals surface area contributed by atoms with Crippen LogP contribution in [0.15, 0.2) is 33.3 Å². The van der Waals surface area contributed by atoms with Crippen LogP contribution in [-0.2, 0) is 0 Å². The number of aromatic nitrogens is 1. The fourth-order valence-corrected chi connectivity index (χ4v) is 2.45. The van der Waals surface area contributed by atoms with Crippen LogP contribution in [-0.4, -0.2) is 5.16 Å². The molecule has 1 fully saturated rings. The maximum absolute atomic E-state index is 5.89. The van der Waals surface area contributed by atoms with Crippen molar-refractivity contribution >= 4 is 21.8 Å². The van der Waals surface area contributed by atoms with Crippen molar-refractivity contribution in [1.82, 2.24) is 5.16 Å². The van der Waals surface area contributed by atoms with Crippen LogP contribution < -0.4 is 5.73 Å². The van der Waals surface area contributed by atoms with Crippen LogP contribution in [0.1, 0.15) is 30.9 Å². The molecule has 0 aliphatic heterocycles. The zero-order chi connectivity index (χ0) is 11.8. The van der Waals surface area contributed by atoms with E-state index in [0.717, 1.165) is 21.3 Å². The van der Waals surface area contributed by atoms with Gasteiger partial charge >= 0.3 is 0 Å². The number of rotatable bonds is 2. The van der Waals surface area contributed by atoms with Crippen molar-refractivity contribution in [2.24, 2.45) is 0 Å². The Morgan fingerprint density at radius 1 is 1.24 bits per heavy atom. The molecule has 1 aromatic heterocycles. The molecule has 0 bridgehead atoms. The highest BCUT2D eigenvalue weighted by Gasteiger charge is 2.28. The number of hydrogen-bond acceptors (Lipinski definition) is 3. The van der Waals surface area contributed by atoms with Gasteiger partial charge in [0.05, 0.1) is 11.3 Å². The Morgan fingerprint density at radius 2 is 1.94 bits per heavy atom. The highest BCUT2D eigenvalue weighted by Crippen LogP contribution is 2.42. The molecule has 4 heteroatoms. The van der Waals surface area contributed by atoms with Crippen LogP contribution in [0.25, 0.3) is 11.1 Å². The molecule has 1 aromatic carbocycles. The molecule has 0 unspecified atom stereocenters. The first-order chi connectivity index (χ1) is 8.25. The van der Waals surface area contributed by atoms with Crippen LogP contribution in [0, 0.1) is 0 Å². The van der Waals surface area contributed by atoms with Gasteiger partial charge in [-0.2, -0.15) is 0 Å². The summed E-state index contributed by atoms with van der Waals surface area (Å²) in [5.74, 6) is 0.948. The van der Waals surface area contributed by atoms with Crippen molar-refractivity contribution < 1.29 is 4.52 Å². The van der Waals surface area contributed by atoms with Crippen molar-refractivity contribution in [3.8, 4) is 11.1 Å². The Balaban J connectivity index is 2.06. The van der Waals surface area contributed by atoms with Gasteiger partial charge in [0.2, 0.25) is 5.88 Å². The van der Waals surface area contributed by atoms with Crippen molar-refractivity contribution in [3.05, 3.63) is 34.4 Å². The highest BCUT2D eigenvalue weighted by atomic mass is 79.9. The first-order valence-corrected chi connectivity index (χ1v) is 6.56. The van der Waals surface area contributed by atoms with E-state index in [4.69, 9.17) is 10.3 Å². The smallest absolute Gasteiger partial charge is 0.230 e. The van der Waals surface area contributed by atoms with E-state index in [9.17, 15) is 0 Å². The second-order valence-corrected chi connectivity index (χ2v) is 5.36. The summed E-state index contributed by atoms with van der Waals surface area (Å²) in [6, 6.07) is 8.09. The third-order valence-corrected chi connectivity index (χ3v) is 3.90. The Kier molecular flexibility index (Phi) is 2.67. The fourth-order valence-electron chi connectivity index (χ4n) is 2.18. The van der Waals surface area contributed by atoms with Crippen molar-refractivity contribution in [1.29, 1.82) is 0 Å². The van der Waals surface area contributed by atoms with Gasteiger partial charge < -0.3 is 10.3 Å². The van der Waals surface area contributed by atoms with Crippen molar-refractivity contribution in [2.75, 3.05) is 5.73 Å². The van der Waals surface area contributed by atoms with Gasteiger partial charge in [0.25, 0.3) is 0 Å². The molecular weight excluding hydrogens is 280 g/mol. The molecule has 0 amide bonds. The quantitative estimate of drug-likeness (QED) is 0.912. The summed E-state index contributed by atoms with van der Waals surface area (Å²) in [4.78, 5) is 0. The minimum Gasteiger partial charge on any atom is -0.367 e. The zero-order valence-electron chi connectivity index (χ0n) is 9.32. The largest absolute Gasteiger partial charge is 0.367 e. The topological polar surface area (TPSA) is 52.0 Å². The molecular formula is C13H13BrN2O. The van der Waals surface area contributed by atoms with Gasteiger partial charge in [-0.25, -0.2) is 0 Å². The summed E-state index contributed by atoms with van der Waals surface area (Å²) in [7, 11) is 0. The maximum Gasteiger partial charge on any atom is 0.230 e. The first-order valence-electron chi connectivity index (χ1n) is 5.76. The number of hydrogen-bond donors (Lipinski definition) is 1. The Bertz CT molecular complexity index is 529. The summed E-state index contributed by atoms with van der Waals surface area (Å²) in [6.07, 6.45) is 3.65. The molecule has 88 valence electrons. The summed E-state index contributed by atoms with van der Waals surface area (Å²) < 4.78 is 6.21. The minimum absolute atomic E-state index is 0.425. The molecule has 1 aliphatic rings. The number of benzene rings is 1. The van der Waals surface area contributed by atoms with Gasteiger partial charge in [-0.3, -0.25) is 0 Å². The van der Waals surface area contributed by atoms with E-state index >= 15 is 0 Å². The van der Waals surface area contributed by atoms with Gasteiger partial charge in [-0.1, -0.05) is 39.6 Å². The Labute approximate surface area is 108 Å². The lowest BCUT2D eigenvalue weighted by Gasteiger charge is -2.23. The summed E-state index contributed by atoms with van der Waals surface area (Å²) in [5.41, 5.74) is 8.96. The zero-order valence-corrected chi connectivity index (χ0v) is 10.9. The summed E-state index contributed by atoms with van der Waals surface area (Å²) >= 11 is 3.43.